The van der Waals surface area contributed by atoms with E-state index in [0.29, 0.717) is 5.56 Å². The molecule has 1 aromatic carbocycles. The largest absolute Gasteiger partial charge is 0.341 e. The summed E-state index contributed by atoms with van der Waals surface area (Å²) in [4.78, 5) is 26.4. The highest BCUT2D eigenvalue weighted by Gasteiger charge is 2.23. The van der Waals surface area contributed by atoms with Crippen LogP contribution in [0.15, 0.2) is 27.1 Å². The quantitative estimate of drug-likeness (QED) is 0.819. The Kier molecular flexibility index (Phi) is 5.81. The van der Waals surface area contributed by atoms with Gasteiger partial charge < -0.3 is 10.2 Å². The van der Waals surface area contributed by atoms with Crippen LogP contribution in [0, 0.1) is 0 Å². The lowest BCUT2D eigenvalue weighted by atomic mass is 10.1. The van der Waals surface area contributed by atoms with Crippen molar-refractivity contribution in [2.45, 2.75) is 32.2 Å². The summed E-state index contributed by atoms with van der Waals surface area (Å²) in [6.45, 7) is 3.32. The molecule has 21 heavy (non-hydrogen) atoms. The zero-order valence-electron chi connectivity index (χ0n) is 11.9. The normalized spacial score (nSPS) is 16.4. The van der Waals surface area contributed by atoms with Crippen molar-refractivity contribution in [1.82, 2.24) is 10.2 Å². The summed E-state index contributed by atoms with van der Waals surface area (Å²) < 4.78 is 1.63. The maximum Gasteiger partial charge on any atom is 0.251 e. The van der Waals surface area contributed by atoms with E-state index in [9.17, 15) is 9.59 Å². The molecule has 0 spiro atoms. The van der Waals surface area contributed by atoms with E-state index in [1.807, 2.05) is 11.0 Å². The molecule has 1 aliphatic heterocycles. The number of amides is 2. The van der Waals surface area contributed by atoms with Crippen molar-refractivity contribution in [3.8, 4) is 0 Å². The number of nitrogens with one attached hydrogen (secondary N) is 1. The van der Waals surface area contributed by atoms with Crippen LogP contribution < -0.4 is 5.32 Å². The fraction of sp³-hybridized carbons (Fsp3) is 0.467. The molecule has 1 heterocycles. The van der Waals surface area contributed by atoms with Crippen LogP contribution in [0.1, 0.15) is 36.5 Å². The molecule has 0 bridgehead atoms. The lowest BCUT2D eigenvalue weighted by molar-refractivity contribution is -0.133. The third-order valence-electron chi connectivity index (χ3n) is 3.51. The van der Waals surface area contributed by atoms with Crippen LogP contribution in [0.5, 0.6) is 0 Å². The minimum absolute atomic E-state index is 0.00267. The fourth-order valence-electron chi connectivity index (χ4n) is 2.41. The molecular formula is C15H18Br2N2O2. The Bertz CT molecular complexity index is 522. The number of piperidine rings is 1. The molecule has 1 N–H and O–H groups in total. The van der Waals surface area contributed by atoms with Gasteiger partial charge in [-0.1, -0.05) is 31.9 Å². The summed E-state index contributed by atoms with van der Waals surface area (Å²) in [6.07, 6.45) is 3.27. The van der Waals surface area contributed by atoms with Crippen molar-refractivity contribution in [2.24, 2.45) is 0 Å². The Morgan fingerprint density at radius 2 is 1.67 bits per heavy atom. The van der Waals surface area contributed by atoms with Gasteiger partial charge in [0, 0.05) is 27.6 Å². The summed E-state index contributed by atoms with van der Waals surface area (Å²) in [6, 6.07) is 4.82. The summed E-state index contributed by atoms with van der Waals surface area (Å²) in [5.41, 5.74) is 0.523. The lowest BCUT2D eigenvalue weighted by Crippen LogP contribution is -2.48. The summed E-state index contributed by atoms with van der Waals surface area (Å²) in [7, 11) is 0. The van der Waals surface area contributed by atoms with Gasteiger partial charge in [0.05, 0.1) is 0 Å². The van der Waals surface area contributed by atoms with Crippen LogP contribution in [0.2, 0.25) is 0 Å². The van der Waals surface area contributed by atoms with Crippen LogP contribution >= 0.6 is 31.9 Å². The van der Waals surface area contributed by atoms with E-state index in [2.05, 4.69) is 37.2 Å². The molecule has 114 valence electrons. The van der Waals surface area contributed by atoms with Crippen LogP contribution in [-0.2, 0) is 4.79 Å². The first kappa shape index (κ1) is 16.5. The molecule has 0 saturated carbocycles. The predicted molar refractivity (Wildman–Crippen MR) is 89.2 cm³/mol. The van der Waals surface area contributed by atoms with Gasteiger partial charge in [-0.25, -0.2) is 0 Å². The molecule has 2 rings (SSSR count). The summed E-state index contributed by atoms with van der Waals surface area (Å²) in [5.74, 6) is -0.244. The number of halogens is 2. The predicted octanol–water partition coefficient (Wildman–Crippen LogP) is 3.34. The molecule has 1 aliphatic rings. The second-order valence-corrected chi connectivity index (χ2v) is 7.07. The Hall–Kier alpha value is -0.880. The van der Waals surface area contributed by atoms with Crippen molar-refractivity contribution in [3.05, 3.63) is 32.7 Å². The minimum Gasteiger partial charge on any atom is -0.341 e. The maximum absolute atomic E-state index is 12.3. The average Bonchev–Trinajstić information content (AvgIpc) is 2.46. The SMILES string of the molecule is CC(NC(=O)c1cc(Br)cc(Br)c1)C(=O)N1CCCCC1. The molecule has 1 aromatic rings. The maximum atomic E-state index is 12.3. The van der Waals surface area contributed by atoms with Crippen LogP contribution in [0.3, 0.4) is 0 Å². The molecule has 1 fully saturated rings. The third kappa shape index (κ3) is 4.54. The van der Waals surface area contributed by atoms with Gasteiger partial charge >= 0.3 is 0 Å². The van der Waals surface area contributed by atoms with Gasteiger partial charge in [0.25, 0.3) is 5.91 Å². The Labute approximate surface area is 141 Å². The summed E-state index contributed by atoms with van der Waals surface area (Å²) in [5, 5.41) is 2.78. The van der Waals surface area contributed by atoms with Gasteiger partial charge in [-0.05, 0) is 44.4 Å². The Morgan fingerprint density at radius 1 is 1.10 bits per heavy atom. The average molecular weight is 418 g/mol. The second kappa shape index (κ2) is 7.40. The number of hydrogen-bond acceptors (Lipinski definition) is 2. The van der Waals surface area contributed by atoms with Gasteiger partial charge in [-0.15, -0.1) is 0 Å². The molecule has 4 nitrogen and oxygen atoms in total. The van der Waals surface area contributed by atoms with Crippen molar-refractivity contribution >= 4 is 43.7 Å². The first-order valence-electron chi connectivity index (χ1n) is 7.03. The Balaban J connectivity index is 1.99. The molecule has 0 aliphatic carbocycles. The van der Waals surface area contributed by atoms with E-state index in [4.69, 9.17) is 0 Å². The van der Waals surface area contributed by atoms with Crippen molar-refractivity contribution in [3.63, 3.8) is 0 Å². The van der Waals surface area contributed by atoms with E-state index in [1.165, 1.54) is 6.42 Å². The van der Waals surface area contributed by atoms with E-state index in [-0.39, 0.29) is 11.8 Å². The molecule has 0 aromatic heterocycles. The molecule has 0 radical (unpaired) electrons. The first-order valence-corrected chi connectivity index (χ1v) is 8.62. The van der Waals surface area contributed by atoms with E-state index < -0.39 is 6.04 Å². The first-order chi connectivity index (χ1) is 9.97. The number of nitrogens with zero attached hydrogens (tertiary/aromatic N) is 1. The highest BCUT2D eigenvalue weighted by Crippen LogP contribution is 2.20. The fourth-order valence-corrected chi connectivity index (χ4v) is 3.71. The standard InChI is InChI=1S/C15H18Br2N2O2/c1-10(15(21)19-5-3-2-4-6-19)18-14(20)11-7-12(16)9-13(17)8-11/h7-10H,2-6H2,1H3,(H,18,20). The van der Waals surface area contributed by atoms with E-state index >= 15 is 0 Å². The lowest BCUT2D eigenvalue weighted by Gasteiger charge is -2.29. The zero-order valence-corrected chi connectivity index (χ0v) is 15.0. The molecule has 1 saturated heterocycles. The third-order valence-corrected chi connectivity index (χ3v) is 4.43. The second-order valence-electron chi connectivity index (χ2n) is 5.24. The minimum atomic E-state index is -0.506. The van der Waals surface area contributed by atoms with Crippen molar-refractivity contribution < 1.29 is 9.59 Å². The van der Waals surface area contributed by atoms with Gasteiger partial charge in [-0.2, -0.15) is 0 Å². The number of likely N-dealkylation sites (tertiary alicyclic amines) is 1. The van der Waals surface area contributed by atoms with Crippen LogP contribution in [0.25, 0.3) is 0 Å². The number of hydrogen-bond donors (Lipinski definition) is 1. The van der Waals surface area contributed by atoms with E-state index in [0.717, 1.165) is 34.9 Å². The van der Waals surface area contributed by atoms with Gasteiger partial charge in [0.1, 0.15) is 6.04 Å². The number of benzene rings is 1. The molecular weight excluding hydrogens is 400 g/mol. The van der Waals surface area contributed by atoms with Crippen LogP contribution in [0.4, 0.5) is 0 Å². The molecule has 1 unspecified atom stereocenters. The Morgan fingerprint density at radius 3 is 2.24 bits per heavy atom. The topological polar surface area (TPSA) is 49.4 Å². The molecule has 2 amide bonds. The summed E-state index contributed by atoms with van der Waals surface area (Å²) >= 11 is 6.71. The number of carbonyl (C=O) groups is 2. The number of rotatable bonds is 3. The monoisotopic (exact) mass is 416 g/mol. The molecule has 1 atom stereocenters. The van der Waals surface area contributed by atoms with Crippen LogP contribution in [-0.4, -0.2) is 35.8 Å². The smallest absolute Gasteiger partial charge is 0.251 e. The zero-order chi connectivity index (χ0) is 15.4. The molecule has 6 heteroatoms. The van der Waals surface area contributed by atoms with E-state index in [1.54, 1.807) is 19.1 Å². The highest BCUT2D eigenvalue weighted by molar-refractivity contribution is 9.11. The van der Waals surface area contributed by atoms with Gasteiger partial charge in [0.2, 0.25) is 5.91 Å². The van der Waals surface area contributed by atoms with Gasteiger partial charge in [-0.3, -0.25) is 9.59 Å². The van der Waals surface area contributed by atoms with Crippen molar-refractivity contribution in [1.29, 1.82) is 0 Å². The van der Waals surface area contributed by atoms with Gasteiger partial charge in [0.15, 0.2) is 0 Å². The number of carbonyl (C=O) groups excluding carboxylic acids is 2. The highest BCUT2D eigenvalue weighted by atomic mass is 79.9. The van der Waals surface area contributed by atoms with Crippen molar-refractivity contribution in [2.75, 3.05) is 13.1 Å².